The zero-order valence-corrected chi connectivity index (χ0v) is 9.34. The van der Waals surface area contributed by atoms with Crippen LogP contribution in [0, 0.1) is 5.92 Å². The molecular weight excluding hydrogens is 184 g/mol. The van der Waals surface area contributed by atoms with Crippen molar-refractivity contribution in [2.24, 2.45) is 5.92 Å². The fourth-order valence-electron chi connectivity index (χ4n) is 1.86. The highest BCUT2D eigenvalue weighted by Gasteiger charge is 2.09. The highest BCUT2D eigenvalue weighted by Crippen LogP contribution is 2.08. The summed E-state index contributed by atoms with van der Waals surface area (Å²) in [6, 6.07) is 0. The van der Waals surface area contributed by atoms with E-state index in [4.69, 9.17) is 0 Å². The zero-order valence-electron chi connectivity index (χ0n) is 9.34. The van der Waals surface area contributed by atoms with Gasteiger partial charge in [0.15, 0.2) is 0 Å². The quantitative estimate of drug-likeness (QED) is 0.649. The average molecular weight is 203 g/mol. The van der Waals surface area contributed by atoms with Crippen LogP contribution in [0.2, 0.25) is 0 Å². The average Bonchev–Trinajstić information content (AvgIpc) is 2.87. The highest BCUT2D eigenvalue weighted by atomic mass is 15.1. The standard InChI is InChI=1S/C13H19N2/c1-2-3-8-14-9-10-15(12-14)11-13-6-4-5-7-13/h4-7,9-10,12-13H,2-3,8,11H2,1H3/q+1. The molecule has 2 rings (SSSR count). The molecule has 0 amide bonds. The van der Waals surface area contributed by atoms with Gasteiger partial charge in [-0.25, -0.2) is 9.13 Å². The predicted octanol–water partition coefficient (Wildman–Crippen LogP) is 2.32. The van der Waals surface area contributed by atoms with Crippen LogP contribution >= 0.6 is 0 Å². The second kappa shape index (κ2) is 4.96. The molecule has 0 saturated carbocycles. The topological polar surface area (TPSA) is 8.81 Å². The smallest absolute Gasteiger partial charge is 0.237 e. The SMILES string of the molecule is CCCCn1cc[n+](CC2C=CC=C2)c1. The minimum atomic E-state index is 0.581. The van der Waals surface area contributed by atoms with E-state index in [-0.39, 0.29) is 0 Å². The molecule has 0 radical (unpaired) electrons. The monoisotopic (exact) mass is 203 g/mol. The van der Waals surface area contributed by atoms with E-state index in [0.29, 0.717) is 5.92 Å². The molecule has 1 heterocycles. The Labute approximate surface area is 91.5 Å². The van der Waals surface area contributed by atoms with Crippen molar-refractivity contribution in [2.45, 2.75) is 32.9 Å². The Balaban J connectivity index is 1.89. The molecule has 2 nitrogen and oxygen atoms in total. The Bertz CT molecular complexity index is 348. The Morgan fingerprint density at radius 2 is 2.07 bits per heavy atom. The van der Waals surface area contributed by atoms with Gasteiger partial charge in [-0.3, -0.25) is 0 Å². The molecule has 1 aliphatic carbocycles. The fraction of sp³-hybridized carbons (Fsp3) is 0.462. The Hall–Kier alpha value is -1.31. The molecule has 1 aromatic rings. The van der Waals surface area contributed by atoms with E-state index < -0.39 is 0 Å². The van der Waals surface area contributed by atoms with Crippen LogP contribution in [0.25, 0.3) is 0 Å². The third kappa shape index (κ3) is 2.82. The van der Waals surface area contributed by atoms with Crippen molar-refractivity contribution in [3.05, 3.63) is 43.0 Å². The van der Waals surface area contributed by atoms with Gasteiger partial charge in [-0.1, -0.05) is 37.6 Å². The maximum absolute atomic E-state index is 2.27. The first-order chi connectivity index (χ1) is 7.38. The van der Waals surface area contributed by atoms with E-state index in [0.717, 1.165) is 13.1 Å². The number of allylic oxidation sites excluding steroid dienone is 4. The third-order valence-electron chi connectivity index (χ3n) is 2.77. The summed E-state index contributed by atoms with van der Waals surface area (Å²) >= 11 is 0. The molecule has 0 aromatic carbocycles. The zero-order chi connectivity index (χ0) is 10.5. The minimum Gasteiger partial charge on any atom is -0.237 e. The van der Waals surface area contributed by atoms with Crippen molar-refractivity contribution >= 4 is 0 Å². The molecule has 80 valence electrons. The first kappa shape index (κ1) is 10.2. The van der Waals surface area contributed by atoms with E-state index in [1.165, 1.54) is 12.8 Å². The normalized spacial score (nSPS) is 15.3. The van der Waals surface area contributed by atoms with Crippen LogP contribution in [0.1, 0.15) is 19.8 Å². The van der Waals surface area contributed by atoms with Gasteiger partial charge in [-0.2, -0.15) is 0 Å². The van der Waals surface area contributed by atoms with Crippen molar-refractivity contribution in [3.8, 4) is 0 Å². The van der Waals surface area contributed by atoms with E-state index in [9.17, 15) is 0 Å². The summed E-state index contributed by atoms with van der Waals surface area (Å²) < 4.78 is 4.53. The predicted molar refractivity (Wildman–Crippen MR) is 61.3 cm³/mol. The Morgan fingerprint density at radius 3 is 2.80 bits per heavy atom. The Kier molecular flexibility index (Phi) is 3.38. The second-order valence-corrected chi connectivity index (χ2v) is 4.14. The molecule has 1 aliphatic rings. The molecular formula is C13H19N2+. The number of imidazole rings is 1. The van der Waals surface area contributed by atoms with Crippen molar-refractivity contribution in [1.29, 1.82) is 0 Å². The van der Waals surface area contributed by atoms with E-state index in [2.05, 4.69) is 59.1 Å². The number of hydrogen-bond acceptors (Lipinski definition) is 0. The summed E-state index contributed by atoms with van der Waals surface area (Å²) in [4.78, 5) is 0. The van der Waals surface area contributed by atoms with Crippen LogP contribution < -0.4 is 4.57 Å². The van der Waals surface area contributed by atoms with Crippen LogP contribution in [0.15, 0.2) is 43.0 Å². The molecule has 0 spiro atoms. The number of aryl methyl sites for hydroxylation is 1. The lowest BCUT2D eigenvalue weighted by Crippen LogP contribution is -2.34. The van der Waals surface area contributed by atoms with Crippen LogP contribution in [0.5, 0.6) is 0 Å². The van der Waals surface area contributed by atoms with E-state index >= 15 is 0 Å². The van der Waals surface area contributed by atoms with Gasteiger partial charge in [0.2, 0.25) is 6.33 Å². The molecule has 0 aliphatic heterocycles. The van der Waals surface area contributed by atoms with E-state index in [1.807, 2.05) is 0 Å². The van der Waals surface area contributed by atoms with Crippen molar-refractivity contribution in [1.82, 2.24) is 4.57 Å². The second-order valence-electron chi connectivity index (χ2n) is 4.14. The maximum atomic E-state index is 2.27. The summed E-state index contributed by atoms with van der Waals surface area (Å²) in [7, 11) is 0. The molecule has 2 heteroatoms. The van der Waals surface area contributed by atoms with Crippen molar-refractivity contribution in [2.75, 3.05) is 0 Å². The molecule has 0 saturated heterocycles. The number of nitrogens with zero attached hydrogens (tertiary/aromatic N) is 2. The van der Waals surface area contributed by atoms with Crippen LogP contribution in [-0.2, 0) is 13.1 Å². The minimum absolute atomic E-state index is 0.581. The molecule has 0 N–H and O–H groups in total. The van der Waals surface area contributed by atoms with Gasteiger partial charge >= 0.3 is 0 Å². The molecule has 0 fully saturated rings. The number of unbranched alkanes of at least 4 members (excludes halogenated alkanes) is 1. The molecule has 1 aromatic heterocycles. The molecule has 0 unspecified atom stereocenters. The third-order valence-corrected chi connectivity index (χ3v) is 2.77. The summed E-state index contributed by atoms with van der Waals surface area (Å²) in [6.07, 6.45) is 17.8. The first-order valence-electron chi connectivity index (χ1n) is 5.78. The van der Waals surface area contributed by atoms with Crippen LogP contribution in [0.3, 0.4) is 0 Å². The lowest BCUT2D eigenvalue weighted by atomic mass is 10.2. The van der Waals surface area contributed by atoms with E-state index in [1.54, 1.807) is 0 Å². The van der Waals surface area contributed by atoms with Gasteiger partial charge in [0, 0.05) is 5.92 Å². The molecule has 0 atom stereocenters. The lowest BCUT2D eigenvalue weighted by Gasteiger charge is -2.00. The van der Waals surface area contributed by atoms with Gasteiger partial charge < -0.3 is 0 Å². The van der Waals surface area contributed by atoms with Gasteiger partial charge in [0.05, 0.1) is 13.1 Å². The summed E-state index contributed by atoms with van der Waals surface area (Å²) in [5.74, 6) is 0.581. The van der Waals surface area contributed by atoms with Gasteiger partial charge in [-0.15, -0.1) is 0 Å². The highest BCUT2D eigenvalue weighted by molar-refractivity contribution is 5.16. The van der Waals surface area contributed by atoms with Gasteiger partial charge in [0.25, 0.3) is 0 Å². The molecule has 15 heavy (non-hydrogen) atoms. The maximum Gasteiger partial charge on any atom is 0.243 e. The van der Waals surface area contributed by atoms with Crippen molar-refractivity contribution < 1.29 is 4.57 Å². The number of aromatic nitrogens is 2. The Morgan fingerprint density at radius 1 is 1.27 bits per heavy atom. The van der Waals surface area contributed by atoms with Gasteiger partial charge in [0.1, 0.15) is 12.4 Å². The summed E-state index contributed by atoms with van der Waals surface area (Å²) in [6.45, 7) is 4.43. The van der Waals surface area contributed by atoms with Crippen LogP contribution in [-0.4, -0.2) is 4.57 Å². The number of hydrogen-bond donors (Lipinski definition) is 0. The lowest BCUT2D eigenvalue weighted by molar-refractivity contribution is -0.699. The van der Waals surface area contributed by atoms with Crippen LogP contribution in [0.4, 0.5) is 0 Å². The molecule has 0 bridgehead atoms. The van der Waals surface area contributed by atoms with Crippen molar-refractivity contribution in [3.63, 3.8) is 0 Å². The summed E-state index contributed by atoms with van der Waals surface area (Å²) in [5, 5.41) is 0. The van der Waals surface area contributed by atoms with Gasteiger partial charge in [-0.05, 0) is 6.42 Å². The summed E-state index contributed by atoms with van der Waals surface area (Å²) in [5.41, 5.74) is 0. The fourth-order valence-corrected chi connectivity index (χ4v) is 1.86. The largest absolute Gasteiger partial charge is 0.243 e. The number of rotatable bonds is 5. The first-order valence-corrected chi connectivity index (χ1v) is 5.78.